The molecule has 0 saturated carbocycles. The number of esters is 1. The van der Waals surface area contributed by atoms with E-state index in [1.807, 2.05) is 0 Å². The van der Waals surface area contributed by atoms with Crippen molar-refractivity contribution in [2.45, 2.75) is 92.1 Å². The lowest BCUT2D eigenvalue weighted by atomic mass is 9.97. The number of hydrogen-bond donors (Lipinski definition) is 14. The number of aromatic hydroxyl groups is 4. The zero-order chi connectivity index (χ0) is 49.3. The van der Waals surface area contributed by atoms with Crippen molar-refractivity contribution in [1.29, 1.82) is 0 Å². The Hall–Kier alpha value is -5.88. The van der Waals surface area contributed by atoms with Gasteiger partial charge < -0.3 is 114 Å². The third-order valence-electron chi connectivity index (χ3n) is 11.3. The Balaban J connectivity index is 1.24. The highest BCUT2D eigenvalue weighted by Crippen LogP contribution is 2.40. The van der Waals surface area contributed by atoms with Gasteiger partial charge in [0.15, 0.2) is 35.8 Å². The molecule has 4 aromatic rings. The lowest BCUT2D eigenvalue weighted by Gasteiger charge is -2.46. The van der Waals surface area contributed by atoms with Gasteiger partial charge in [0.1, 0.15) is 89.3 Å². The van der Waals surface area contributed by atoms with E-state index in [9.17, 15) is 81.1 Å². The van der Waals surface area contributed by atoms with Crippen LogP contribution >= 0.6 is 0 Å². The van der Waals surface area contributed by atoms with Crippen LogP contribution in [0.5, 0.6) is 40.2 Å². The van der Waals surface area contributed by atoms with E-state index in [0.29, 0.717) is 0 Å². The van der Waals surface area contributed by atoms with Crippen LogP contribution in [-0.4, -0.2) is 197 Å². The van der Waals surface area contributed by atoms with Gasteiger partial charge in [0.25, 0.3) is 0 Å². The van der Waals surface area contributed by atoms with Crippen LogP contribution in [0.15, 0.2) is 63.8 Å². The number of benzene rings is 3. The van der Waals surface area contributed by atoms with Gasteiger partial charge in [-0.2, -0.15) is 0 Å². The first-order valence-electron chi connectivity index (χ1n) is 20.6. The van der Waals surface area contributed by atoms with Crippen molar-refractivity contribution in [3.63, 3.8) is 0 Å². The first-order valence-corrected chi connectivity index (χ1v) is 20.6. The van der Waals surface area contributed by atoms with Crippen molar-refractivity contribution in [3.8, 4) is 51.6 Å². The van der Waals surface area contributed by atoms with E-state index >= 15 is 0 Å². The Morgan fingerprint density at radius 1 is 0.662 bits per heavy atom. The Morgan fingerprint density at radius 3 is 1.87 bits per heavy atom. The highest BCUT2D eigenvalue weighted by molar-refractivity contribution is 5.89. The number of rotatable bonds is 14. The number of aliphatic hydroxyl groups excluding tert-OH is 10. The fourth-order valence-electron chi connectivity index (χ4n) is 7.60. The van der Waals surface area contributed by atoms with E-state index in [0.717, 1.165) is 30.4 Å². The summed E-state index contributed by atoms with van der Waals surface area (Å²) in [5.74, 6) is -5.21. The monoisotopic (exact) mass is 964 g/mol. The molecule has 0 bridgehead atoms. The molecule has 0 unspecified atom stereocenters. The number of methoxy groups -OCH3 is 1. The van der Waals surface area contributed by atoms with E-state index in [-0.39, 0.29) is 28.4 Å². The molecule has 4 heterocycles. The molecule has 0 radical (unpaired) electrons. The molecule has 1 aromatic heterocycles. The first kappa shape index (κ1) is 50.0. The van der Waals surface area contributed by atoms with Crippen LogP contribution in [0.3, 0.4) is 0 Å². The van der Waals surface area contributed by atoms with Crippen LogP contribution in [-0.2, 0) is 28.5 Å². The summed E-state index contributed by atoms with van der Waals surface area (Å²) in [4.78, 5) is 27.7. The van der Waals surface area contributed by atoms with Crippen LogP contribution in [0.25, 0.3) is 28.4 Å². The van der Waals surface area contributed by atoms with Crippen LogP contribution in [0.1, 0.15) is 5.56 Å². The maximum absolute atomic E-state index is 14.5. The fourth-order valence-corrected chi connectivity index (χ4v) is 7.60. The SMILES string of the molecule is COc1cc(/C=C/C(=O)O[C@H]2[C@H](O[C@H]3[C@H](Oc4c(-c5ccc(O)cc5)oc5cc(O[C@@H]6O[C@H](CO)[C@@H](O)[C@H](O)[C@H]6O)cc(O)c5c4=O)O[C@H](CO)[C@@H](O)[C@@H]3O)O[C@H](CO)[C@@H](O)[C@@H]2O)cc(O)c1O. The van der Waals surface area contributed by atoms with Crippen molar-refractivity contribution in [2.24, 2.45) is 0 Å². The maximum Gasteiger partial charge on any atom is 0.331 e. The number of fused-ring (bicyclic) bond motifs is 1. The minimum absolute atomic E-state index is 0.0172. The van der Waals surface area contributed by atoms with Gasteiger partial charge in [0.2, 0.25) is 29.5 Å². The minimum atomic E-state index is -2.14. The van der Waals surface area contributed by atoms with Crippen molar-refractivity contribution >= 4 is 23.0 Å². The molecule has 0 aliphatic carbocycles. The maximum atomic E-state index is 14.5. The van der Waals surface area contributed by atoms with Crippen molar-refractivity contribution in [3.05, 3.63) is 70.4 Å². The van der Waals surface area contributed by atoms with E-state index in [1.54, 1.807) is 0 Å². The zero-order valence-corrected chi connectivity index (χ0v) is 35.3. The number of hydrogen-bond acceptors (Lipinski definition) is 25. The number of carbonyl (C=O) groups excluding carboxylic acids is 1. The molecule has 0 amide bonds. The quantitative estimate of drug-likeness (QED) is 0.0335. The standard InChI is InChI=1S/C43H48O25/c1-60-22-9-15(8-20(49)28(22)51)2-7-26(50)66-39-34(57)30(53)24(13-45)64-42(39)68-40-35(58)31(54)25(14-46)65-43(40)67-38-32(55)27-19(48)10-18(61-41-36(59)33(56)29(52)23(12-44)63-41)11-21(27)62-37(38)16-3-5-17(47)6-4-16/h2-11,23-25,29-31,33-36,39-49,51-54,56-59H,12-14H2,1H3/b7-2+/t23-,24-,25-,29-,30-,31-,33+,34+,35+,36-,39-,40-,41-,42+,43+/m1/s1. The number of phenolic OH excluding ortho intramolecular Hbond substituents is 4. The number of carbonyl (C=O) groups is 1. The van der Waals surface area contributed by atoms with Gasteiger partial charge in [-0.15, -0.1) is 0 Å². The summed E-state index contributed by atoms with van der Waals surface area (Å²) >= 11 is 0. The number of aliphatic hydroxyl groups is 10. The topological polar surface area (TPSA) is 404 Å². The molecule has 370 valence electrons. The molecule has 25 nitrogen and oxygen atoms in total. The highest BCUT2D eigenvalue weighted by atomic mass is 16.8. The van der Waals surface area contributed by atoms with Crippen LogP contribution in [0, 0.1) is 0 Å². The summed E-state index contributed by atoms with van der Waals surface area (Å²) in [6.07, 6.45) is -26.3. The summed E-state index contributed by atoms with van der Waals surface area (Å²) < 4.78 is 51.0. The Bertz CT molecular complexity index is 2490. The van der Waals surface area contributed by atoms with E-state index in [1.165, 1.54) is 37.4 Å². The second kappa shape index (κ2) is 20.8. The molecule has 0 spiro atoms. The molecule has 7 rings (SSSR count). The second-order valence-electron chi connectivity index (χ2n) is 15.7. The average Bonchev–Trinajstić information content (AvgIpc) is 3.32. The normalized spacial score (nSPS) is 32.0. The molecule has 3 aromatic carbocycles. The first-order chi connectivity index (χ1) is 32.4. The summed E-state index contributed by atoms with van der Waals surface area (Å²) in [6.45, 7) is -2.70. The molecular formula is C43H48O25. The minimum Gasteiger partial charge on any atom is -0.508 e. The summed E-state index contributed by atoms with van der Waals surface area (Å²) in [5.41, 5.74) is -1.42. The molecule has 25 heteroatoms. The van der Waals surface area contributed by atoms with Gasteiger partial charge in [-0.1, -0.05) is 0 Å². The van der Waals surface area contributed by atoms with Crippen LogP contribution < -0.4 is 19.6 Å². The number of phenols is 4. The van der Waals surface area contributed by atoms with Crippen molar-refractivity contribution < 1.29 is 119 Å². The van der Waals surface area contributed by atoms with Gasteiger partial charge in [0.05, 0.1) is 26.9 Å². The van der Waals surface area contributed by atoms with Gasteiger partial charge >= 0.3 is 5.97 Å². The molecule has 3 saturated heterocycles. The lowest BCUT2D eigenvalue weighted by Crippen LogP contribution is -2.65. The smallest absolute Gasteiger partial charge is 0.331 e. The van der Waals surface area contributed by atoms with Gasteiger partial charge in [-0.05, 0) is 48.0 Å². The van der Waals surface area contributed by atoms with E-state index in [4.69, 9.17) is 42.3 Å². The van der Waals surface area contributed by atoms with Gasteiger partial charge in [-0.25, -0.2) is 4.79 Å². The summed E-state index contributed by atoms with van der Waals surface area (Å²) in [6, 6.07) is 9.22. The van der Waals surface area contributed by atoms with Crippen molar-refractivity contribution in [1.82, 2.24) is 0 Å². The summed E-state index contributed by atoms with van der Waals surface area (Å²) in [5, 5.41) is 146. The van der Waals surface area contributed by atoms with Crippen LogP contribution in [0.4, 0.5) is 0 Å². The van der Waals surface area contributed by atoms with Gasteiger partial charge in [-0.3, -0.25) is 4.79 Å². The molecular weight excluding hydrogens is 916 g/mol. The van der Waals surface area contributed by atoms with Crippen LogP contribution in [0.2, 0.25) is 0 Å². The predicted octanol–water partition coefficient (Wildman–Crippen LogP) is -3.26. The molecule has 68 heavy (non-hydrogen) atoms. The Labute approximate surface area is 382 Å². The molecule has 3 aliphatic rings. The second-order valence-corrected chi connectivity index (χ2v) is 15.7. The van der Waals surface area contributed by atoms with E-state index in [2.05, 4.69) is 0 Å². The molecule has 3 fully saturated rings. The fraction of sp³-hybridized carbons (Fsp3) is 0.442. The van der Waals surface area contributed by atoms with E-state index < -0.39 is 163 Å². The zero-order valence-electron chi connectivity index (χ0n) is 35.3. The summed E-state index contributed by atoms with van der Waals surface area (Å²) in [7, 11) is 1.21. The third kappa shape index (κ3) is 9.98. The highest BCUT2D eigenvalue weighted by Gasteiger charge is 2.53. The largest absolute Gasteiger partial charge is 0.508 e. The number of ether oxygens (including phenoxy) is 8. The third-order valence-corrected chi connectivity index (χ3v) is 11.3. The average molecular weight is 965 g/mol. The Morgan fingerprint density at radius 2 is 1.25 bits per heavy atom. The Kier molecular flexibility index (Phi) is 15.3. The van der Waals surface area contributed by atoms with Gasteiger partial charge in [0, 0.05) is 23.8 Å². The lowest BCUT2D eigenvalue weighted by molar-refractivity contribution is -0.358. The van der Waals surface area contributed by atoms with Crippen molar-refractivity contribution in [2.75, 3.05) is 26.9 Å². The molecule has 15 atom stereocenters. The molecule has 3 aliphatic heterocycles. The molecule has 14 N–H and O–H groups in total. The predicted molar refractivity (Wildman–Crippen MR) is 222 cm³/mol.